The van der Waals surface area contributed by atoms with E-state index in [4.69, 9.17) is 4.74 Å². The topological polar surface area (TPSA) is 75.7 Å². The lowest BCUT2D eigenvalue weighted by Gasteiger charge is -2.20. The lowest BCUT2D eigenvalue weighted by Crippen LogP contribution is -2.29. The van der Waals surface area contributed by atoms with Gasteiger partial charge in [0.05, 0.1) is 17.0 Å². The van der Waals surface area contributed by atoms with Gasteiger partial charge in [-0.25, -0.2) is 8.42 Å². The number of hydrogen-bond donors (Lipinski definition) is 1. The maximum atomic E-state index is 13.0. The number of carbonyl (C=O) groups is 1. The van der Waals surface area contributed by atoms with Crippen molar-refractivity contribution in [1.82, 2.24) is 0 Å². The van der Waals surface area contributed by atoms with E-state index in [1.54, 1.807) is 23.1 Å². The van der Waals surface area contributed by atoms with Crippen LogP contribution in [0.4, 0.5) is 11.4 Å². The van der Waals surface area contributed by atoms with Crippen molar-refractivity contribution in [3.05, 3.63) is 48.0 Å². The fraction of sp³-hybridized carbons (Fsp3) is 0.316. The monoisotopic (exact) mass is 374 g/mol. The molecule has 7 heteroatoms. The van der Waals surface area contributed by atoms with E-state index in [0.29, 0.717) is 35.0 Å². The molecule has 0 saturated carbocycles. The first-order valence-corrected chi connectivity index (χ1v) is 10.2. The number of benzene rings is 2. The highest BCUT2D eigenvalue weighted by Crippen LogP contribution is 2.39. The molecule has 1 amide bonds. The van der Waals surface area contributed by atoms with Gasteiger partial charge in [-0.15, -0.1) is 0 Å². The number of para-hydroxylation sites is 2. The molecular weight excluding hydrogens is 352 g/mol. The van der Waals surface area contributed by atoms with Crippen LogP contribution in [0.1, 0.15) is 31.1 Å². The summed E-state index contributed by atoms with van der Waals surface area (Å²) in [6.07, 6.45) is 0. The van der Waals surface area contributed by atoms with E-state index in [9.17, 15) is 13.2 Å². The normalized spacial score (nSPS) is 13.7. The lowest BCUT2D eigenvalue weighted by atomic mass is 10.1. The molecule has 6 nitrogen and oxygen atoms in total. The Kier molecular flexibility index (Phi) is 4.91. The van der Waals surface area contributed by atoms with Gasteiger partial charge in [-0.05, 0) is 43.2 Å². The highest BCUT2D eigenvalue weighted by molar-refractivity contribution is 7.92. The molecule has 1 N–H and O–H groups in total. The van der Waals surface area contributed by atoms with E-state index in [-0.39, 0.29) is 17.6 Å². The second kappa shape index (κ2) is 6.99. The second-order valence-corrected chi connectivity index (χ2v) is 8.37. The smallest absolute Gasteiger partial charge is 0.262 e. The van der Waals surface area contributed by atoms with Crippen molar-refractivity contribution in [2.45, 2.75) is 20.8 Å². The van der Waals surface area contributed by atoms with Crippen molar-refractivity contribution in [2.24, 2.45) is 5.92 Å². The number of carbonyl (C=O) groups excluding carboxylic acids is 1. The molecule has 138 valence electrons. The molecule has 0 unspecified atom stereocenters. The molecule has 0 spiro atoms. The molecule has 1 heterocycles. The van der Waals surface area contributed by atoms with Crippen LogP contribution < -0.4 is 14.4 Å². The minimum Gasteiger partial charge on any atom is -0.454 e. The standard InChI is InChI=1S/C19H22N2O4S/c1-4-21-16-7-5-6-8-18(16)25-17-10-9-14(11-15(17)19(21)22)20-26(23,24)12-13(2)3/h5-11,13,20H,4,12H2,1-3H3. The van der Waals surface area contributed by atoms with E-state index < -0.39 is 10.0 Å². The Balaban J connectivity index is 2.00. The van der Waals surface area contributed by atoms with E-state index in [0.717, 1.165) is 0 Å². The molecule has 2 aromatic rings. The largest absolute Gasteiger partial charge is 0.454 e. The summed E-state index contributed by atoms with van der Waals surface area (Å²) in [5.74, 6) is 0.793. The van der Waals surface area contributed by atoms with Crippen LogP contribution in [0.5, 0.6) is 11.5 Å². The first kappa shape index (κ1) is 18.3. The van der Waals surface area contributed by atoms with Crippen LogP contribution in [0.25, 0.3) is 0 Å². The summed E-state index contributed by atoms with van der Waals surface area (Å²) in [7, 11) is -3.48. The number of anilines is 2. The fourth-order valence-electron chi connectivity index (χ4n) is 2.96. The van der Waals surface area contributed by atoms with Crippen LogP contribution in [-0.2, 0) is 10.0 Å². The van der Waals surface area contributed by atoms with Crippen LogP contribution in [0.2, 0.25) is 0 Å². The van der Waals surface area contributed by atoms with Crippen LogP contribution in [0.3, 0.4) is 0 Å². The lowest BCUT2D eigenvalue weighted by molar-refractivity contribution is 0.0988. The zero-order valence-electron chi connectivity index (χ0n) is 15.0. The predicted octanol–water partition coefficient (Wildman–Crippen LogP) is 3.86. The average molecular weight is 374 g/mol. The number of hydrogen-bond acceptors (Lipinski definition) is 4. The molecule has 0 radical (unpaired) electrons. The highest BCUT2D eigenvalue weighted by Gasteiger charge is 2.27. The summed E-state index contributed by atoms with van der Waals surface area (Å²) >= 11 is 0. The summed E-state index contributed by atoms with van der Waals surface area (Å²) in [5.41, 5.74) is 1.37. The third-order valence-corrected chi connectivity index (χ3v) is 5.63. The van der Waals surface area contributed by atoms with Crippen LogP contribution in [0, 0.1) is 5.92 Å². The second-order valence-electron chi connectivity index (χ2n) is 6.61. The van der Waals surface area contributed by atoms with E-state index in [1.807, 2.05) is 39.0 Å². The van der Waals surface area contributed by atoms with Gasteiger partial charge < -0.3 is 9.64 Å². The molecule has 1 aliphatic heterocycles. The van der Waals surface area contributed by atoms with Gasteiger partial charge in [-0.3, -0.25) is 9.52 Å². The van der Waals surface area contributed by atoms with Gasteiger partial charge in [0.25, 0.3) is 5.91 Å². The predicted molar refractivity (Wildman–Crippen MR) is 103 cm³/mol. The molecule has 0 bridgehead atoms. The van der Waals surface area contributed by atoms with Crippen molar-refractivity contribution < 1.29 is 17.9 Å². The number of ether oxygens (including phenoxy) is 1. The van der Waals surface area contributed by atoms with Crippen LogP contribution in [0.15, 0.2) is 42.5 Å². The summed E-state index contributed by atoms with van der Waals surface area (Å²) in [6.45, 7) is 6.03. The molecule has 2 aromatic carbocycles. The zero-order chi connectivity index (χ0) is 18.9. The molecule has 0 aromatic heterocycles. The Morgan fingerprint density at radius 1 is 1.12 bits per heavy atom. The third-order valence-electron chi connectivity index (χ3n) is 3.97. The maximum Gasteiger partial charge on any atom is 0.262 e. The number of nitrogens with zero attached hydrogens (tertiary/aromatic N) is 1. The molecule has 0 fully saturated rings. The Morgan fingerprint density at radius 2 is 1.85 bits per heavy atom. The molecule has 1 aliphatic rings. The highest BCUT2D eigenvalue weighted by atomic mass is 32.2. The summed E-state index contributed by atoms with van der Waals surface area (Å²) < 4.78 is 32.8. The quantitative estimate of drug-likeness (QED) is 0.862. The van der Waals surface area contributed by atoms with Gasteiger partial charge in [-0.1, -0.05) is 26.0 Å². The molecule has 3 rings (SSSR count). The Morgan fingerprint density at radius 3 is 2.54 bits per heavy atom. The van der Waals surface area contributed by atoms with E-state index in [2.05, 4.69) is 4.72 Å². The first-order valence-electron chi connectivity index (χ1n) is 8.54. The molecule has 26 heavy (non-hydrogen) atoms. The number of fused-ring (bicyclic) bond motifs is 2. The SMILES string of the molecule is CCN1C(=O)c2cc(NS(=O)(=O)CC(C)C)ccc2Oc2ccccc21. The number of amides is 1. The summed E-state index contributed by atoms with van der Waals surface area (Å²) in [6, 6.07) is 12.1. The average Bonchev–Trinajstić information content (AvgIpc) is 2.67. The van der Waals surface area contributed by atoms with Crippen molar-refractivity contribution in [3.63, 3.8) is 0 Å². The Bertz CT molecular complexity index is 938. The minimum absolute atomic E-state index is 0.00312. The fourth-order valence-corrected chi connectivity index (χ4v) is 4.41. The maximum absolute atomic E-state index is 13.0. The summed E-state index contributed by atoms with van der Waals surface area (Å²) in [4.78, 5) is 14.6. The van der Waals surface area contributed by atoms with Crippen molar-refractivity contribution in [2.75, 3.05) is 21.9 Å². The van der Waals surface area contributed by atoms with Crippen molar-refractivity contribution in [3.8, 4) is 11.5 Å². The zero-order valence-corrected chi connectivity index (χ0v) is 15.8. The van der Waals surface area contributed by atoms with E-state index >= 15 is 0 Å². The van der Waals surface area contributed by atoms with Gasteiger partial charge in [0.1, 0.15) is 5.75 Å². The molecule has 0 saturated heterocycles. The Labute approximate surface area is 153 Å². The number of nitrogens with one attached hydrogen (secondary N) is 1. The van der Waals surface area contributed by atoms with Crippen molar-refractivity contribution >= 4 is 27.3 Å². The number of rotatable bonds is 5. The van der Waals surface area contributed by atoms with Gasteiger partial charge in [0, 0.05) is 12.2 Å². The third kappa shape index (κ3) is 3.67. The Hall–Kier alpha value is -2.54. The molecule has 0 aliphatic carbocycles. The van der Waals surface area contributed by atoms with Gasteiger partial charge in [0.2, 0.25) is 10.0 Å². The van der Waals surface area contributed by atoms with Crippen molar-refractivity contribution in [1.29, 1.82) is 0 Å². The van der Waals surface area contributed by atoms with Gasteiger partial charge in [-0.2, -0.15) is 0 Å². The number of sulfonamides is 1. The van der Waals surface area contributed by atoms with Gasteiger partial charge in [0.15, 0.2) is 5.75 Å². The minimum atomic E-state index is -3.48. The summed E-state index contributed by atoms with van der Waals surface area (Å²) in [5, 5.41) is 0. The molecular formula is C19H22N2O4S. The van der Waals surface area contributed by atoms with E-state index in [1.165, 1.54) is 6.07 Å². The molecule has 0 atom stereocenters. The van der Waals surface area contributed by atoms with Gasteiger partial charge >= 0.3 is 0 Å². The first-order chi connectivity index (χ1) is 12.3. The van der Waals surface area contributed by atoms with Crippen LogP contribution in [-0.4, -0.2) is 26.6 Å². The van der Waals surface area contributed by atoms with Crippen LogP contribution >= 0.6 is 0 Å².